The number of allylic oxidation sites excluding steroid dienone is 1. The molecule has 1 aromatic carbocycles. The molecule has 0 aliphatic heterocycles. The van der Waals surface area contributed by atoms with Crippen molar-refractivity contribution in [3.8, 4) is 12.3 Å². The lowest BCUT2D eigenvalue weighted by atomic mass is 9.90. The summed E-state index contributed by atoms with van der Waals surface area (Å²) in [4.78, 5) is 0. The highest BCUT2D eigenvalue weighted by Gasteiger charge is 2.23. The molecule has 1 heteroatoms. The molecule has 14 heavy (non-hydrogen) atoms. The number of hydrogen-bond acceptors (Lipinski definition) is 1. The highest BCUT2D eigenvalue weighted by molar-refractivity contribution is 5.28. The third kappa shape index (κ3) is 2.25. The third-order valence-electron chi connectivity index (χ3n) is 2.09. The molecule has 0 saturated carbocycles. The molecule has 0 spiro atoms. The minimum Gasteiger partial charge on any atom is -0.380 e. The second-order valence-corrected chi connectivity index (χ2v) is 3.17. The van der Waals surface area contributed by atoms with Crippen LogP contribution in [0.4, 0.5) is 0 Å². The van der Waals surface area contributed by atoms with E-state index >= 15 is 0 Å². The summed E-state index contributed by atoms with van der Waals surface area (Å²) < 4.78 is 0. The van der Waals surface area contributed by atoms with Crippen molar-refractivity contribution in [2.45, 2.75) is 18.9 Å². The van der Waals surface area contributed by atoms with Crippen LogP contribution in [0.5, 0.6) is 0 Å². The average Bonchev–Trinajstić information content (AvgIpc) is 2.20. The van der Waals surface area contributed by atoms with Crippen molar-refractivity contribution in [1.82, 2.24) is 0 Å². The Morgan fingerprint density at radius 1 is 1.43 bits per heavy atom. The van der Waals surface area contributed by atoms with Gasteiger partial charge in [-0.05, 0) is 12.5 Å². The maximum Gasteiger partial charge on any atom is 0.119 e. The summed E-state index contributed by atoms with van der Waals surface area (Å²) in [6.07, 6.45) is 9.07. The second kappa shape index (κ2) is 4.64. The first kappa shape index (κ1) is 10.6. The van der Waals surface area contributed by atoms with Gasteiger partial charge in [-0.15, -0.1) is 12.3 Å². The average molecular weight is 186 g/mol. The van der Waals surface area contributed by atoms with E-state index in [-0.39, 0.29) is 0 Å². The van der Waals surface area contributed by atoms with Crippen LogP contribution in [0.15, 0.2) is 42.5 Å². The van der Waals surface area contributed by atoms with Crippen molar-refractivity contribution < 1.29 is 5.11 Å². The van der Waals surface area contributed by atoms with Gasteiger partial charge in [0.1, 0.15) is 5.60 Å². The van der Waals surface area contributed by atoms with E-state index < -0.39 is 5.60 Å². The van der Waals surface area contributed by atoms with E-state index in [1.807, 2.05) is 43.3 Å². The number of benzene rings is 1. The SMILES string of the molecule is C#CCC(O)(/C=C/C)c1ccccc1. The number of rotatable bonds is 3. The Morgan fingerprint density at radius 3 is 2.57 bits per heavy atom. The monoisotopic (exact) mass is 186 g/mol. The molecule has 1 unspecified atom stereocenters. The van der Waals surface area contributed by atoms with Crippen LogP contribution in [0.25, 0.3) is 0 Å². The maximum atomic E-state index is 10.3. The Morgan fingerprint density at radius 2 is 2.07 bits per heavy atom. The fraction of sp³-hybridized carbons (Fsp3) is 0.231. The third-order valence-corrected chi connectivity index (χ3v) is 2.09. The Balaban J connectivity index is 3.07. The first-order valence-electron chi connectivity index (χ1n) is 4.58. The van der Waals surface area contributed by atoms with Gasteiger partial charge in [-0.1, -0.05) is 42.5 Å². The van der Waals surface area contributed by atoms with E-state index in [4.69, 9.17) is 6.42 Å². The first-order valence-corrected chi connectivity index (χ1v) is 4.58. The van der Waals surface area contributed by atoms with Crippen LogP contribution in [0, 0.1) is 12.3 Å². The van der Waals surface area contributed by atoms with Gasteiger partial charge in [0.25, 0.3) is 0 Å². The van der Waals surface area contributed by atoms with E-state index in [1.165, 1.54) is 0 Å². The van der Waals surface area contributed by atoms with Crippen molar-refractivity contribution >= 4 is 0 Å². The van der Waals surface area contributed by atoms with Crippen LogP contribution in [0.3, 0.4) is 0 Å². The summed E-state index contributed by atoms with van der Waals surface area (Å²) in [7, 11) is 0. The van der Waals surface area contributed by atoms with E-state index in [2.05, 4.69) is 5.92 Å². The molecule has 1 nitrogen and oxygen atoms in total. The molecule has 72 valence electrons. The largest absolute Gasteiger partial charge is 0.380 e. The molecule has 0 aliphatic rings. The molecular formula is C13H14O. The van der Waals surface area contributed by atoms with Gasteiger partial charge in [-0.2, -0.15) is 0 Å². The molecule has 0 fully saturated rings. The fourth-order valence-corrected chi connectivity index (χ4v) is 1.42. The van der Waals surface area contributed by atoms with Gasteiger partial charge in [-0.25, -0.2) is 0 Å². The van der Waals surface area contributed by atoms with Gasteiger partial charge in [0.05, 0.1) is 0 Å². The van der Waals surface area contributed by atoms with E-state index in [0.717, 1.165) is 5.56 Å². The summed E-state index contributed by atoms with van der Waals surface area (Å²) >= 11 is 0. The standard InChI is InChI=1S/C13H14O/c1-3-10-13(14,11-4-2)12-8-6-5-7-9-12/h1,4-9,11,14H,10H2,2H3/b11-4+. The molecule has 1 rings (SSSR count). The molecule has 0 amide bonds. The molecule has 0 saturated heterocycles. The van der Waals surface area contributed by atoms with Gasteiger partial charge < -0.3 is 5.11 Å². The van der Waals surface area contributed by atoms with Crippen LogP contribution in [-0.4, -0.2) is 5.11 Å². The van der Waals surface area contributed by atoms with Crippen LogP contribution >= 0.6 is 0 Å². The molecule has 0 heterocycles. The van der Waals surface area contributed by atoms with Gasteiger partial charge in [0.15, 0.2) is 0 Å². The van der Waals surface area contributed by atoms with Crippen LogP contribution in [-0.2, 0) is 5.60 Å². The lowest BCUT2D eigenvalue weighted by Crippen LogP contribution is -2.21. The second-order valence-electron chi connectivity index (χ2n) is 3.17. The van der Waals surface area contributed by atoms with E-state index in [9.17, 15) is 5.11 Å². The molecule has 1 aromatic rings. The molecule has 0 bridgehead atoms. The lowest BCUT2D eigenvalue weighted by molar-refractivity contribution is 0.0952. The van der Waals surface area contributed by atoms with Gasteiger partial charge in [0, 0.05) is 6.42 Å². The molecule has 0 radical (unpaired) electrons. The zero-order chi connectivity index (χ0) is 10.4. The lowest BCUT2D eigenvalue weighted by Gasteiger charge is -2.22. The topological polar surface area (TPSA) is 20.2 Å². The highest BCUT2D eigenvalue weighted by Crippen LogP contribution is 2.25. The van der Waals surface area contributed by atoms with Crippen molar-refractivity contribution in [3.05, 3.63) is 48.0 Å². The summed E-state index contributed by atoms with van der Waals surface area (Å²) in [5.74, 6) is 2.49. The summed E-state index contributed by atoms with van der Waals surface area (Å²) in [5, 5.41) is 10.3. The Kier molecular flexibility index (Phi) is 3.50. The maximum absolute atomic E-state index is 10.3. The number of aliphatic hydroxyl groups is 1. The van der Waals surface area contributed by atoms with Crippen LogP contribution in [0.2, 0.25) is 0 Å². The summed E-state index contributed by atoms with van der Waals surface area (Å²) in [6.45, 7) is 1.87. The van der Waals surface area contributed by atoms with Crippen molar-refractivity contribution in [1.29, 1.82) is 0 Å². The predicted molar refractivity (Wildman–Crippen MR) is 58.6 cm³/mol. The zero-order valence-electron chi connectivity index (χ0n) is 8.27. The highest BCUT2D eigenvalue weighted by atomic mass is 16.3. The normalized spacial score (nSPS) is 14.9. The van der Waals surface area contributed by atoms with Crippen molar-refractivity contribution in [3.63, 3.8) is 0 Å². The van der Waals surface area contributed by atoms with Crippen LogP contribution < -0.4 is 0 Å². The summed E-state index contributed by atoms with van der Waals surface area (Å²) in [5.41, 5.74) is -0.193. The smallest absolute Gasteiger partial charge is 0.119 e. The van der Waals surface area contributed by atoms with Crippen LogP contribution in [0.1, 0.15) is 18.9 Å². The van der Waals surface area contributed by atoms with Crippen molar-refractivity contribution in [2.24, 2.45) is 0 Å². The minimum atomic E-state index is -1.02. The Labute approximate surface area is 85.1 Å². The fourth-order valence-electron chi connectivity index (χ4n) is 1.42. The Bertz CT molecular complexity index is 345. The molecule has 0 aromatic heterocycles. The number of terminal acetylenes is 1. The summed E-state index contributed by atoms with van der Waals surface area (Å²) in [6, 6.07) is 9.44. The molecule has 1 N–H and O–H groups in total. The Hall–Kier alpha value is -1.52. The van der Waals surface area contributed by atoms with Gasteiger partial charge in [-0.3, -0.25) is 0 Å². The van der Waals surface area contributed by atoms with Gasteiger partial charge >= 0.3 is 0 Å². The molecular weight excluding hydrogens is 172 g/mol. The van der Waals surface area contributed by atoms with E-state index in [0.29, 0.717) is 6.42 Å². The van der Waals surface area contributed by atoms with Gasteiger partial charge in [0.2, 0.25) is 0 Å². The minimum absolute atomic E-state index is 0.293. The molecule has 0 aliphatic carbocycles. The van der Waals surface area contributed by atoms with Crippen molar-refractivity contribution in [2.75, 3.05) is 0 Å². The number of hydrogen-bond donors (Lipinski definition) is 1. The zero-order valence-corrected chi connectivity index (χ0v) is 8.27. The predicted octanol–water partition coefficient (Wildman–Crippen LogP) is 2.47. The van der Waals surface area contributed by atoms with E-state index in [1.54, 1.807) is 6.08 Å². The quantitative estimate of drug-likeness (QED) is 0.568. The molecule has 1 atom stereocenters. The first-order chi connectivity index (χ1) is 6.73.